The van der Waals surface area contributed by atoms with Crippen LogP contribution < -0.4 is 4.74 Å². The summed E-state index contributed by atoms with van der Waals surface area (Å²) in [4.78, 5) is 0. The Morgan fingerprint density at radius 1 is 1.40 bits per heavy atom. The first-order chi connectivity index (χ1) is 9.55. The van der Waals surface area contributed by atoms with E-state index < -0.39 is 11.0 Å². The van der Waals surface area contributed by atoms with Crippen molar-refractivity contribution in [1.82, 2.24) is 0 Å². The van der Waals surface area contributed by atoms with Crippen molar-refractivity contribution in [3.8, 4) is 11.8 Å². The van der Waals surface area contributed by atoms with Gasteiger partial charge >= 0.3 is 0 Å². The predicted octanol–water partition coefficient (Wildman–Crippen LogP) is 3.23. The fraction of sp³-hybridized carbons (Fsp3) is 0.588. The van der Waals surface area contributed by atoms with Crippen LogP contribution in [0.25, 0.3) is 0 Å². The Hall–Kier alpha value is -1.53. The summed E-state index contributed by atoms with van der Waals surface area (Å²) in [5.41, 5.74) is -1.12. The molecule has 3 heteroatoms. The maximum absolute atomic E-state index is 11.3. The van der Waals surface area contributed by atoms with E-state index in [0.717, 1.165) is 24.8 Å². The summed E-state index contributed by atoms with van der Waals surface area (Å²) in [5.74, 6) is 1.56. The van der Waals surface area contributed by atoms with Gasteiger partial charge in [0.25, 0.3) is 0 Å². The van der Waals surface area contributed by atoms with Crippen LogP contribution in [0.15, 0.2) is 24.3 Å². The van der Waals surface area contributed by atoms with Crippen LogP contribution >= 0.6 is 0 Å². The lowest BCUT2D eigenvalue weighted by molar-refractivity contribution is -0.0746. The lowest BCUT2D eigenvalue weighted by atomic mass is 9.61. The van der Waals surface area contributed by atoms with Gasteiger partial charge in [-0.1, -0.05) is 24.6 Å². The van der Waals surface area contributed by atoms with E-state index in [-0.39, 0.29) is 0 Å². The molecule has 1 aromatic rings. The maximum atomic E-state index is 11.3. The molecule has 1 N–H and O–H groups in total. The zero-order valence-electron chi connectivity index (χ0n) is 12.1. The van der Waals surface area contributed by atoms with E-state index in [1.54, 1.807) is 14.0 Å². The van der Waals surface area contributed by atoms with Gasteiger partial charge in [0.1, 0.15) is 11.4 Å². The highest BCUT2D eigenvalue weighted by molar-refractivity contribution is 5.41. The van der Waals surface area contributed by atoms with Crippen molar-refractivity contribution in [3.63, 3.8) is 0 Å². The van der Waals surface area contributed by atoms with Gasteiger partial charge in [-0.05, 0) is 44.1 Å². The Kier molecular flexibility index (Phi) is 3.02. The first kappa shape index (κ1) is 13.5. The molecule has 2 bridgehead atoms. The normalized spacial score (nSPS) is 34.5. The van der Waals surface area contributed by atoms with E-state index in [2.05, 4.69) is 6.07 Å². The van der Waals surface area contributed by atoms with Gasteiger partial charge in [-0.3, -0.25) is 0 Å². The minimum atomic E-state index is -1.17. The molecule has 4 atom stereocenters. The number of methoxy groups -OCH3 is 1. The second-order valence-electron chi connectivity index (χ2n) is 6.44. The molecular formula is C17H21NO2. The minimum absolute atomic E-state index is 0.303. The molecule has 2 aliphatic rings. The SMILES string of the molecule is COc1ccccc1C(C)(O)C1(C#N)CC2CCC1C2. The van der Waals surface area contributed by atoms with Crippen LogP contribution in [-0.2, 0) is 5.60 Å². The van der Waals surface area contributed by atoms with Crippen molar-refractivity contribution in [3.05, 3.63) is 29.8 Å². The molecule has 2 aliphatic carbocycles. The maximum Gasteiger partial charge on any atom is 0.124 e. The van der Waals surface area contributed by atoms with E-state index >= 15 is 0 Å². The zero-order valence-corrected chi connectivity index (χ0v) is 12.1. The number of hydrogen-bond acceptors (Lipinski definition) is 3. The minimum Gasteiger partial charge on any atom is -0.496 e. The van der Waals surface area contributed by atoms with Crippen molar-refractivity contribution in [2.45, 2.75) is 38.2 Å². The molecule has 3 nitrogen and oxygen atoms in total. The Balaban J connectivity index is 2.09. The number of para-hydroxylation sites is 1. The molecule has 0 radical (unpaired) electrons. The third-order valence-corrected chi connectivity index (χ3v) is 5.55. The molecule has 3 rings (SSSR count). The van der Waals surface area contributed by atoms with Crippen molar-refractivity contribution in [1.29, 1.82) is 5.26 Å². The Morgan fingerprint density at radius 3 is 2.70 bits per heavy atom. The topological polar surface area (TPSA) is 53.2 Å². The molecular weight excluding hydrogens is 250 g/mol. The molecule has 20 heavy (non-hydrogen) atoms. The van der Waals surface area contributed by atoms with Gasteiger partial charge < -0.3 is 9.84 Å². The Morgan fingerprint density at radius 2 is 2.15 bits per heavy atom. The van der Waals surface area contributed by atoms with E-state index in [0.29, 0.717) is 17.6 Å². The Labute approximate surface area is 120 Å². The number of benzene rings is 1. The summed E-state index contributed by atoms with van der Waals surface area (Å²) in [6.45, 7) is 1.79. The molecule has 0 aliphatic heterocycles. The predicted molar refractivity (Wildman–Crippen MR) is 76.1 cm³/mol. The lowest BCUT2D eigenvalue weighted by Gasteiger charge is -2.44. The third kappa shape index (κ3) is 1.61. The molecule has 2 saturated carbocycles. The first-order valence-electron chi connectivity index (χ1n) is 7.32. The van der Waals surface area contributed by atoms with Crippen LogP contribution in [0.4, 0.5) is 0 Å². The molecule has 0 spiro atoms. The molecule has 0 amide bonds. The average molecular weight is 271 g/mol. The smallest absolute Gasteiger partial charge is 0.124 e. The number of nitriles is 1. The number of nitrogens with zero attached hydrogens (tertiary/aromatic N) is 1. The van der Waals surface area contributed by atoms with Crippen molar-refractivity contribution in [2.24, 2.45) is 17.3 Å². The lowest BCUT2D eigenvalue weighted by Crippen LogP contribution is -2.46. The molecule has 0 heterocycles. The van der Waals surface area contributed by atoms with Crippen molar-refractivity contribution >= 4 is 0 Å². The second-order valence-corrected chi connectivity index (χ2v) is 6.44. The van der Waals surface area contributed by atoms with Gasteiger partial charge in [0, 0.05) is 5.56 Å². The fourth-order valence-corrected chi connectivity index (χ4v) is 4.46. The highest BCUT2D eigenvalue weighted by Crippen LogP contribution is 2.63. The summed E-state index contributed by atoms with van der Waals surface area (Å²) >= 11 is 0. The summed E-state index contributed by atoms with van der Waals surface area (Å²) < 4.78 is 5.39. The quantitative estimate of drug-likeness (QED) is 0.918. The number of hydrogen-bond donors (Lipinski definition) is 1. The van der Waals surface area contributed by atoms with Crippen LogP contribution in [0.2, 0.25) is 0 Å². The number of fused-ring (bicyclic) bond motifs is 2. The zero-order chi connectivity index (χ0) is 14.4. The first-order valence-corrected chi connectivity index (χ1v) is 7.32. The molecule has 0 aromatic heterocycles. The molecule has 2 fully saturated rings. The molecule has 106 valence electrons. The van der Waals surface area contributed by atoms with Gasteiger partial charge in [0.2, 0.25) is 0 Å². The second kappa shape index (κ2) is 4.49. The summed E-state index contributed by atoms with van der Waals surface area (Å²) in [6.07, 6.45) is 4.15. The number of aliphatic hydroxyl groups is 1. The van der Waals surface area contributed by atoms with Crippen molar-refractivity contribution in [2.75, 3.05) is 7.11 Å². The number of rotatable bonds is 3. The third-order valence-electron chi connectivity index (χ3n) is 5.55. The number of ether oxygens (including phenoxy) is 1. The van der Waals surface area contributed by atoms with Crippen LogP contribution in [0.5, 0.6) is 5.75 Å². The summed E-state index contributed by atoms with van der Waals surface area (Å²) in [6, 6.07) is 10.0. The van der Waals surface area contributed by atoms with Gasteiger partial charge in [-0.2, -0.15) is 5.26 Å². The van der Waals surface area contributed by atoms with Gasteiger partial charge in [0.05, 0.1) is 18.6 Å². The molecule has 4 unspecified atom stereocenters. The van der Waals surface area contributed by atoms with E-state index in [4.69, 9.17) is 4.74 Å². The molecule has 0 saturated heterocycles. The summed E-state index contributed by atoms with van der Waals surface area (Å²) in [5, 5.41) is 21.1. The van der Waals surface area contributed by atoms with Gasteiger partial charge in [-0.15, -0.1) is 0 Å². The van der Waals surface area contributed by atoms with Crippen LogP contribution in [-0.4, -0.2) is 12.2 Å². The van der Waals surface area contributed by atoms with Crippen LogP contribution in [0.1, 0.15) is 38.2 Å². The average Bonchev–Trinajstić information content (AvgIpc) is 3.08. The van der Waals surface area contributed by atoms with E-state index in [9.17, 15) is 10.4 Å². The fourth-order valence-electron chi connectivity index (χ4n) is 4.46. The highest BCUT2D eigenvalue weighted by atomic mass is 16.5. The summed E-state index contributed by atoms with van der Waals surface area (Å²) in [7, 11) is 1.61. The van der Waals surface area contributed by atoms with Crippen LogP contribution in [0, 0.1) is 28.6 Å². The molecule has 1 aromatic carbocycles. The monoisotopic (exact) mass is 271 g/mol. The van der Waals surface area contributed by atoms with Crippen LogP contribution in [0.3, 0.4) is 0 Å². The largest absolute Gasteiger partial charge is 0.496 e. The van der Waals surface area contributed by atoms with Crippen molar-refractivity contribution < 1.29 is 9.84 Å². The standard InChI is InChI=1S/C17H21NO2/c1-16(19,14-5-3-4-6-15(14)20-2)17(11-18)10-12-7-8-13(17)9-12/h3-6,12-13,19H,7-10H2,1-2H3. The van der Waals surface area contributed by atoms with Gasteiger partial charge in [-0.25, -0.2) is 0 Å². The van der Waals surface area contributed by atoms with E-state index in [1.807, 2.05) is 24.3 Å². The van der Waals surface area contributed by atoms with E-state index in [1.165, 1.54) is 6.42 Å². The Bertz CT molecular complexity index is 560. The van der Waals surface area contributed by atoms with Gasteiger partial charge in [0.15, 0.2) is 0 Å². The highest BCUT2D eigenvalue weighted by Gasteiger charge is 2.61.